The zero-order valence-electron chi connectivity index (χ0n) is 20.5. The Morgan fingerprint density at radius 3 is 2.69 bits per heavy atom. The maximum atomic E-state index is 12.4. The van der Waals surface area contributed by atoms with Crippen molar-refractivity contribution >= 4 is 29.6 Å². The second kappa shape index (κ2) is 12.4. The minimum Gasteiger partial charge on any atom is -0.480 e. The molecular weight excluding hydrogens is 462 g/mol. The molecule has 0 unspecified atom stereocenters. The van der Waals surface area contributed by atoms with E-state index in [1.165, 1.54) is 11.8 Å². The van der Waals surface area contributed by atoms with Crippen LogP contribution in [0.25, 0.3) is 11.4 Å². The monoisotopic (exact) mass is 495 g/mol. The molecule has 1 heterocycles. The summed E-state index contributed by atoms with van der Waals surface area (Å²) >= 11 is 1.30. The molecule has 0 aliphatic heterocycles. The van der Waals surface area contributed by atoms with Crippen LogP contribution in [0.5, 0.6) is 0 Å². The van der Waals surface area contributed by atoms with Gasteiger partial charge in [-0.3, -0.25) is 10.1 Å². The van der Waals surface area contributed by atoms with Crippen LogP contribution in [-0.4, -0.2) is 38.1 Å². The molecule has 0 saturated carbocycles. The van der Waals surface area contributed by atoms with Crippen LogP contribution >= 0.6 is 11.8 Å². The highest BCUT2D eigenvalue weighted by Gasteiger charge is 2.28. The van der Waals surface area contributed by atoms with E-state index in [-0.39, 0.29) is 6.61 Å². The van der Waals surface area contributed by atoms with Gasteiger partial charge < -0.3 is 14.4 Å². The SMILES string of the molecule is CCCCCn1cc(NC(=O)OCC2=CC=CCC=C2)nc1-c1ccc(SC(C)(C)C(=O)O)cc1. The first kappa shape index (κ1) is 26.3. The highest BCUT2D eigenvalue weighted by atomic mass is 32.2. The van der Waals surface area contributed by atoms with E-state index < -0.39 is 16.8 Å². The molecule has 8 heteroatoms. The van der Waals surface area contributed by atoms with Crippen LogP contribution in [0.4, 0.5) is 10.6 Å². The number of allylic oxidation sites excluding steroid dienone is 4. The van der Waals surface area contributed by atoms with E-state index in [0.29, 0.717) is 5.82 Å². The van der Waals surface area contributed by atoms with E-state index in [9.17, 15) is 14.7 Å². The highest BCUT2D eigenvalue weighted by Crippen LogP contribution is 2.34. The first-order valence-electron chi connectivity index (χ1n) is 11.8. The molecular formula is C27H33N3O4S. The molecule has 1 aliphatic rings. The minimum atomic E-state index is -0.920. The number of nitrogens with zero attached hydrogens (tertiary/aromatic N) is 2. The number of rotatable bonds is 11. The Balaban J connectivity index is 1.72. The maximum absolute atomic E-state index is 12.4. The molecule has 1 aromatic carbocycles. The number of carboxylic acid groups (broad SMARTS) is 1. The highest BCUT2D eigenvalue weighted by molar-refractivity contribution is 8.01. The fourth-order valence-corrected chi connectivity index (χ4v) is 4.38. The van der Waals surface area contributed by atoms with Crippen LogP contribution in [0, 0.1) is 0 Å². The van der Waals surface area contributed by atoms with Crippen molar-refractivity contribution in [3.05, 3.63) is 66.4 Å². The topological polar surface area (TPSA) is 93.5 Å². The smallest absolute Gasteiger partial charge is 0.413 e. The average molecular weight is 496 g/mol. The van der Waals surface area contributed by atoms with Gasteiger partial charge in [0.2, 0.25) is 0 Å². The number of unbranched alkanes of at least 4 members (excludes halogenated alkanes) is 2. The third kappa shape index (κ3) is 7.89. The molecule has 35 heavy (non-hydrogen) atoms. The van der Waals surface area contributed by atoms with Gasteiger partial charge >= 0.3 is 12.1 Å². The molecule has 0 spiro atoms. The number of aryl methyl sites for hydroxylation is 1. The molecule has 2 aromatic rings. The number of hydrogen-bond acceptors (Lipinski definition) is 5. The number of aromatic nitrogens is 2. The van der Waals surface area contributed by atoms with Gasteiger partial charge in [0.05, 0.1) is 0 Å². The summed E-state index contributed by atoms with van der Waals surface area (Å²) in [6.07, 6.45) is 15.2. The number of anilines is 1. The first-order valence-corrected chi connectivity index (χ1v) is 12.7. The molecule has 0 radical (unpaired) electrons. The van der Waals surface area contributed by atoms with Gasteiger partial charge in [-0.25, -0.2) is 9.78 Å². The third-order valence-electron chi connectivity index (χ3n) is 5.43. The fraction of sp³-hybridized carbons (Fsp3) is 0.370. The lowest BCUT2D eigenvalue weighted by atomic mass is 10.2. The van der Waals surface area contributed by atoms with Gasteiger partial charge in [0, 0.05) is 23.2 Å². The molecule has 1 aromatic heterocycles. The van der Waals surface area contributed by atoms with Crippen molar-refractivity contribution in [2.45, 2.75) is 62.6 Å². The number of hydrogen-bond donors (Lipinski definition) is 2. The lowest BCUT2D eigenvalue weighted by Crippen LogP contribution is -2.26. The normalized spacial score (nSPS) is 13.3. The number of carboxylic acids is 1. The summed E-state index contributed by atoms with van der Waals surface area (Å²) in [7, 11) is 0. The average Bonchev–Trinajstić information content (AvgIpc) is 3.02. The standard InChI is InChI=1S/C27H33N3O4S/c1-4-5-10-17-30-18-23(29-26(33)34-19-20-11-8-6-7-9-12-20)28-24(30)21-13-15-22(16-14-21)35-27(2,3)25(31)32/h6,8-9,11-16,18H,4-5,7,10,17,19H2,1-3H3,(H,29,33)(H,31,32). The predicted molar refractivity (Wildman–Crippen MR) is 141 cm³/mol. The molecule has 0 fully saturated rings. The number of benzene rings is 1. The summed E-state index contributed by atoms with van der Waals surface area (Å²) in [6, 6.07) is 7.66. The number of nitrogens with one attached hydrogen (secondary N) is 1. The van der Waals surface area contributed by atoms with Crippen molar-refractivity contribution in [3.63, 3.8) is 0 Å². The van der Waals surface area contributed by atoms with Crippen LogP contribution < -0.4 is 5.32 Å². The Hall–Kier alpha value is -3.26. The van der Waals surface area contributed by atoms with E-state index in [4.69, 9.17) is 4.74 Å². The lowest BCUT2D eigenvalue weighted by molar-refractivity contribution is -0.138. The zero-order chi connectivity index (χ0) is 25.3. The van der Waals surface area contributed by atoms with Gasteiger partial charge in [-0.2, -0.15) is 0 Å². The Kier molecular flexibility index (Phi) is 9.37. The van der Waals surface area contributed by atoms with Crippen LogP contribution in [0.15, 0.2) is 71.3 Å². The number of aliphatic carboxylic acids is 1. The number of ether oxygens (including phenoxy) is 1. The largest absolute Gasteiger partial charge is 0.480 e. The fourth-order valence-electron chi connectivity index (χ4n) is 3.43. The Morgan fingerprint density at radius 1 is 1.20 bits per heavy atom. The van der Waals surface area contributed by atoms with Crippen molar-refractivity contribution in [2.24, 2.45) is 0 Å². The first-order chi connectivity index (χ1) is 16.8. The summed E-state index contributed by atoms with van der Waals surface area (Å²) in [6.45, 7) is 6.49. The number of amides is 1. The van der Waals surface area contributed by atoms with Gasteiger partial charge in [-0.1, -0.05) is 62.3 Å². The molecule has 0 atom stereocenters. The number of imidazole rings is 1. The molecule has 7 nitrogen and oxygen atoms in total. The summed E-state index contributed by atoms with van der Waals surface area (Å²) in [5, 5.41) is 12.1. The minimum absolute atomic E-state index is 0.183. The van der Waals surface area contributed by atoms with Crippen LogP contribution in [0.1, 0.15) is 46.5 Å². The molecule has 0 bridgehead atoms. The summed E-state index contributed by atoms with van der Waals surface area (Å²) in [5.74, 6) is 0.311. The molecule has 186 valence electrons. The van der Waals surface area contributed by atoms with E-state index in [0.717, 1.165) is 54.1 Å². The van der Waals surface area contributed by atoms with Crippen molar-refractivity contribution in [3.8, 4) is 11.4 Å². The van der Waals surface area contributed by atoms with Gasteiger partial charge in [-0.05, 0) is 44.4 Å². The molecule has 1 amide bonds. The predicted octanol–water partition coefficient (Wildman–Crippen LogP) is 6.69. The molecule has 1 aliphatic carbocycles. The van der Waals surface area contributed by atoms with E-state index >= 15 is 0 Å². The Bertz CT molecular complexity index is 1110. The van der Waals surface area contributed by atoms with Crippen LogP contribution in [0.2, 0.25) is 0 Å². The quantitative estimate of drug-likeness (QED) is 0.267. The molecule has 3 rings (SSSR count). The van der Waals surface area contributed by atoms with E-state index in [2.05, 4.69) is 17.2 Å². The van der Waals surface area contributed by atoms with Crippen molar-refractivity contribution in [1.82, 2.24) is 9.55 Å². The van der Waals surface area contributed by atoms with Crippen molar-refractivity contribution < 1.29 is 19.4 Å². The van der Waals surface area contributed by atoms with Crippen LogP contribution in [-0.2, 0) is 16.1 Å². The summed E-state index contributed by atoms with van der Waals surface area (Å²) in [4.78, 5) is 29.3. The number of carbonyl (C=O) groups is 2. The number of thioether (sulfide) groups is 1. The second-order valence-corrected chi connectivity index (χ2v) is 10.5. The van der Waals surface area contributed by atoms with Gasteiger partial charge in [0.25, 0.3) is 0 Å². The summed E-state index contributed by atoms with van der Waals surface area (Å²) in [5.41, 5.74) is 1.81. The van der Waals surface area contributed by atoms with Gasteiger partial charge in [0.1, 0.15) is 17.2 Å². The zero-order valence-corrected chi connectivity index (χ0v) is 21.3. The Labute approximate surface area is 211 Å². The Morgan fingerprint density at radius 2 is 1.97 bits per heavy atom. The lowest BCUT2D eigenvalue weighted by Gasteiger charge is -2.18. The third-order valence-corrected chi connectivity index (χ3v) is 6.62. The molecule has 2 N–H and O–H groups in total. The second-order valence-electron chi connectivity index (χ2n) is 8.80. The maximum Gasteiger partial charge on any atom is 0.413 e. The van der Waals surface area contributed by atoms with Crippen LogP contribution in [0.3, 0.4) is 0 Å². The number of carbonyl (C=O) groups excluding carboxylic acids is 1. The summed E-state index contributed by atoms with van der Waals surface area (Å²) < 4.78 is 6.49. The van der Waals surface area contributed by atoms with Gasteiger partial charge in [-0.15, -0.1) is 11.8 Å². The van der Waals surface area contributed by atoms with E-state index in [1.807, 2.05) is 65.4 Å². The van der Waals surface area contributed by atoms with Gasteiger partial charge in [0.15, 0.2) is 5.82 Å². The van der Waals surface area contributed by atoms with Crippen molar-refractivity contribution in [2.75, 3.05) is 11.9 Å². The van der Waals surface area contributed by atoms with Crippen molar-refractivity contribution in [1.29, 1.82) is 0 Å². The molecule has 0 saturated heterocycles. The van der Waals surface area contributed by atoms with E-state index in [1.54, 1.807) is 13.8 Å².